The number of methoxy groups -OCH3 is 1. The molecule has 4 heterocycles. The molecule has 1 N–H and O–H groups in total. The summed E-state index contributed by atoms with van der Waals surface area (Å²) in [6.07, 6.45) is 3.00. The predicted octanol–water partition coefficient (Wildman–Crippen LogP) is 4.37. The first kappa shape index (κ1) is 34.6. The van der Waals surface area contributed by atoms with Crippen LogP contribution in [0.4, 0.5) is 0 Å². The Labute approximate surface area is 295 Å². The van der Waals surface area contributed by atoms with Crippen molar-refractivity contribution < 1.29 is 61.9 Å². The van der Waals surface area contributed by atoms with Gasteiger partial charge in [-0.2, -0.15) is 0 Å². The van der Waals surface area contributed by atoms with Gasteiger partial charge < -0.3 is 42.7 Å². The minimum atomic E-state index is -2.10. The lowest BCUT2D eigenvalue weighted by Crippen LogP contribution is -2.92. The van der Waals surface area contributed by atoms with Crippen LogP contribution in [0.5, 0.6) is 0 Å². The number of hydrogen-bond donors (Lipinski definition) is 1. The first-order chi connectivity index (χ1) is 23.8. The van der Waals surface area contributed by atoms with Crippen LogP contribution in [0.2, 0.25) is 0 Å². The number of ether oxygens (including phenoxy) is 7. The highest BCUT2D eigenvalue weighted by Gasteiger charge is 3.03. The summed E-state index contributed by atoms with van der Waals surface area (Å²) in [5.41, 5.74) is -9.46. The van der Waals surface area contributed by atoms with E-state index >= 15 is 0 Å². The monoisotopic (exact) mass is 710 g/mol. The number of hydrogen-bond acceptors (Lipinski definition) is 13. The molecule has 0 unspecified atom stereocenters. The molecule has 0 aromatic carbocycles. The van der Waals surface area contributed by atoms with E-state index in [4.69, 9.17) is 37.6 Å². The number of carbonyl (C=O) groups is 4. The third-order valence-electron chi connectivity index (χ3n) is 14.3. The number of cyclic esters (lactones) is 1. The van der Waals surface area contributed by atoms with Gasteiger partial charge in [0.2, 0.25) is 5.60 Å². The van der Waals surface area contributed by atoms with Gasteiger partial charge in [0.1, 0.15) is 23.4 Å². The summed E-state index contributed by atoms with van der Waals surface area (Å²) in [7, 11) is 1.29. The van der Waals surface area contributed by atoms with Crippen LogP contribution in [0.25, 0.3) is 0 Å². The highest BCUT2D eigenvalue weighted by atomic mass is 17.0. The molecule has 4 saturated carbocycles. The molecule has 276 valence electrons. The summed E-state index contributed by atoms with van der Waals surface area (Å²) < 4.78 is 51.2. The molecule has 8 rings (SSSR count). The lowest BCUT2D eigenvalue weighted by atomic mass is 9.34. The van der Waals surface area contributed by atoms with Gasteiger partial charge in [0.15, 0.2) is 11.7 Å². The highest BCUT2D eigenvalue weighted by molar-refractivity contribution is 5.88. The molecule has 1 aromatic rings. The van der Waals surface area contributed by atoms with E-state index in [9.17, 15) is 24.3 Å². The van der Waals surface area contributed by atoms with E-state index in [0.717, 1.165) is 0 Å². The first-order valence-corrected chi connectivity index (χ1v) is 17.7. The number of furan rings is 1. The Kier molecular flexibility index (Phi) is 6.86. The van der Waals surface area contributed by atoms with Crippen LogP contribution in [0.3, 0.4) is 0 Å². The quantitative estimate of drug-likeness (QED) is 0.241. The lowest BCUT2D eigenvalue weighted by molar-refractivity contribution is -0.453. The summed E-state index contributed by atoms with van der Waals surface area (Å²) >= 11 is 0. The van der Waals surface area contributed by atoms with Crippen LogP contribution in [-0.2, 0) is 52.3 Å². The first-order valence-electron chi connectivity index (χ1n) is 17.7. The SMILES string of the molecule is C/C=C(\C)C(=O)O[C@H]1[C@]2(C)C[C@]3(O)[C@@]1(OC(C)=O)[C@H]1O[C@@]4(C(C)C)O[C@@]5(CC[C@]6(C)C(=CC(=O)O[C@H]6c6ccoc6)[C@@]15O4)[C@]3(C)[C@H]2CC(=O)OC. The molecule has 0 amide bonds. The molecule has 51 heavy (non-hydrogen) atoms. The third kappa shape index (κ3) is 3.48. The van der Waals surface area contributed by atoms with E-state index in [0.29, 0.717) is 23.1 Å². The summed E-state index contributed by atoms with van der Waals surface area (Å²) in [6, 6.07) is 1.74. The molecule has 13 nitrogen and oxygen atoms in total. The zero-order chi connectivity index (χ0) is 36.9. The number of aliphatic hydroxyl groups is 1. The second kappa shape index (κ2) is 10.1. The summed E-state index contributed by atoms with van der Waals surface area (Å²) in [5, 5.41) is 13.7. The van der Waals surface area contributed by atoms with Gasteiger partial charge in [0, 0.05) is 52.7 Å². The second-order valence-corrected chi connectivity index (χ2v) is 16.6. The van der Waals surface area contributed by atoms with Gasteiger partial charge in [-0.05, 0) is 50.7 Å². The molecule has 4 aliphatic carbocycles. The van der Waals surface area contributed by atoms with E-state index in [1.54, 1.807) is 26.0 Å². The normalized spacial score (nSPS) is 48.5. The van der Waals surface area contributed by atoms with Gasteiger partial charge in [-0.3, -0.25) is 9.59 Å². The van der Waals surface area contributed by atoms with Crippen LogP contribution >= 0.6 is 0 Å². The second-order valence-electron chi connectivity index (χ2n) is 16.6. The van der Waals surface area contributed by atoms with E-state index in [1.165, 1.54) is 32.6 Å². The molecule has 2 saturated heterocycles. The fourth-order valence-electron chi connectivity index (χ4n) is 12.1. The van der Waals surface area contributed by atoms with Crippen LogP contribution in [0.1, 0.15) is 92.7 Å². The highest BCUT2D eigenvalue weighted by Crippen LogP contribution is 2.88. The fourth-order valence-corrected chi connectivity index (χ4v) is 12.1. The van der Waals surface area contributed by atoms with E-state index in [-0.39, 0.29) is 19.3 Å². The standard InChI is InChI=1S/C38H46O13/c1-10-20(4)28(42)47-29-32(7)18-34(43)33(8,23(32)15-25(40)44-9)35-13-12-31(6)24(16-26(41)46-27(31)22-11-14-45-17-22)36(35)30(37(29,34)48-21(5)39)49-38(50-35,51-36)19(2)3/h10-11,14,16-17,19,23,27,29-30,43H,12-13,15,18H2,1-9H3/b20-10+/t23-,27-,29-,30-,31+,32+,33+,34+,35-,36+,37-,38-/m0/s1. The van der Waals surface area contributed by atoms with Crippen molar-refractivity contribution in [3.05, 3.63) is 47.5 Å². The maximum absolute atomic E-state index is 13.8. The smallest absolute Gasteiger partial charge is 0.333 e. The molecule has 4 bridgehead atoms. The average molecular weight is 711 g/mol. The van der Waals surface area contributed by atoms with Crippen LogP contribution in [0, 0.1) is 28.1 Å². The number of fused-ring (bicyclic) bond motifs is 4. The van der Waals surface area contributed by atoms with Crippen molar-refractivity contribution in [1.82, 2.24) is 0 Å². The number of allylic oxidation sites excluding steroid dienone is 1. The third-order valence-corrected chi connectivity index (χ3v) is 14.3. The van der Waals surface area contributed by atoms with Crippen molar-refractivity contribution in [3.8, 4) is 0 Å². The molecule has 1 spiro atoms. The van der Waals surface area contributed by atoms with Crippen LogP contribution in [0.15, 0.2) is 46.3 Å². The summed E-state index contributed by atoms with van der Waals surface area (Å²) in [5.74, 6) is -5.61. The van der Waals surface area contributed by atoms with Crippen LogP contribution in [-0.4, -0.2) is 76.7 Å². The Hall–Kier alpha value is -3.52. The van der Waals surface area contributed by atoms with Crippen molar-refractivity contribution in [2.75, 3.05) is 7.11 Å². The van der Waals surface area contributed by atoms with Crippen LogP contribution < -0.4 is 0 Å². The molecule has 1 aromatic heterocycles. The van der Waals surface area contributed by atoms with E-state index < -0.39 is 98.6 Å². The van der Waals surface area contributed by atoms with Crippen molar-refractivity contribution >= 4 is 23.9 Å². The molecule has 7 aliphatic rings. The van der Waals surface area contributed by atoms with Crippen molar-refractivity contribution in [3.63, 3.8) is 0 Å². The van der Waals surface area contributed by atoms with Gasteiger partial charge in [0.25, 0.3) is 5.97 Å². The fraction of sp³-hybridized carbons (Fsp3) is 0.684. The van der Waals surface area contributed by atoms with Gasteiger partial charge in [-0.15, -0.1) is 0 Å². The number of carbonyl (C=O) groups excluding carboxylic acids is 4. The van der Waals surface area contributed by atoms with Gasteiger partial charge >= 0.3 is 23.9 Å². The predicted molar refractivity (Wildman–Crippen MR) is 173 cm³/mol. The minimum absolute atomic E-state index is 0.0377. The van der Waals surface area contributed by atoms with Crippen molar-refractivity contribution in [2.24, 2.45) is 28.1 Å². The summed E-state index contributed by atoms with van der Waals surface area (Å²) in [6.45, 7) is 13.9. The molecule has 0 radical (unpaired) electrons. The van der Waals surface area contributed by atoms with E-state index in [2.05, 4.69) is 0 Å². The Bertz CT molecular complexity index is 1810. The average Bonchev–Trinajstić information content (AvgIpc) is 3.86. The minimum Gasteiger partial charge on any atom is -0.472 e. The number of rotatable bonds is 7. The molecular weight excluding hydrogens is 664 g/mol. The molecule has 6 fully saturated rings. The van der Waals surface area contributed by atoms with Gasteiger partial charge in [-0.25, -0.2) is 9.59 Å². The number of esters is 4. The molecule has 13 heteroatoms. The Morgan fingerprint density at radius 3 is 2.45 bits per heavy atom. The van der Waals surface area contributed by atoms with Gasteiger partial charge in [0.05, 0.1) is 19.6 Å². The topological polar surface area (TPSA) is 166 Å². The molecule has 3 aliphatic heterocycles. The molecular formula is C38H46O13. The maximum Gasteiger partial charge on any atom is 0.333 e. The zero-order valence-corrected chi connectivity index (χ0v) is 30.4. The summed E-state index contributed by atoms with van der Waals surface area (Å²) in [4.78, 5) is 54.6. The maximum atomic E-state index is 13.8. The zero-order valence-electron chi connectivity index (χ0n) is 30.4. The Morgan fingerprint density at radius 1 is 1.12 bits per heavy atom. The Morgan fingerprint density at radius 2 is 1.84 bits per heavy atom. The Balaban J connectivity index is 1.48. The van der Waals surface area contributed by atoms with Crippen molar-refractivity contribution in [1.29, 1.82) is 0 Å². The van der Waals surface area contributed by atoms with E-state index in [1.807, 2.05) is 34.6 Å². The van der Waals surface area contributed by atoms with Crippen molar-refractivity contribution in [2.45, 2.75) is 128 Å². The lowest BCUT2D eigenvalue weighted by Gasteiger charge is -2.75. The molecule has 12 atom stereocenters. The van der Waals surface area contributed by atoms with Gasteiger partial charge in [-0.1, -0.05) is 40.7 Å². The largest absolute Gasteiger partial charge is 0.472 e.